The van der Waals surface area contributed by atoms with Gasteiger partial charge in [0.2, 0.25) is 0 Å². The Balaban J connectivity index is 2.20. The SMILES string of the molecule is N#CC1(NC(=O)c2cc(I)ccc2Br)CCC1. The highest BCUT2D eigenvalue weighted by Gasteiger charge is 2.38. The minimum Gasteiger partial charge on any atom is -0.334 e. The monoisotopic (exact) mass is 404 g/mol. The van der Waals surface area contributed by atoms with E-state index in [0.29, 0.717) is 5.56 Å². The fourth-order valence-corrected chi connectivity index (χ4v) is 2.67. The van der Waals surface area contributed by atoms with Crippen LogP contribution >= 0.6 is 38.5 Å². The van der Waals surface area contributed by atoms with Crippen molar-refractivity contribution in [1.82, 2.24) is 5.32 Å². The van der Waals surface area contributed by atoms with Crippen LogP contribution in [0.5, 0.6) is 0 Å². The van der Waals surface area contributed by atoms with Crippen molar-refractivity contribution in [2.24, 2.45) is 0 Å². The first kappa shape index (κ1) is 12.8. The quantitative estimate of drug-likeness (QED) is 0.769. The zero-order valence-corrected chi connectivity index (χ0v) is 12.7. The summed E-state index contributed by atoms with van der Waals surface area (Å²) in [5.74, 6) is -0.184. The molecule has 0 saturated heterocycles. The fraction of sp³-hybridized carbons (Fsp3) is 0.333. The third kappa shape index (κ3) is 2.63. The largest absolute Gasteiger partial charge is 0.334 e. The van der Waals surface area contributed by atoms with Crippen molar-refractivity contribution >= 4 is 44.4 Å². The van der Waals surface area contributed by atoms with Crippen LogP contribution in [-0.2, 0) is 0 Å². The number of nitrogens with zero attached hydrogens (tertiary/aromatic N) is 1. The van der Waals surface area contributed by atoms with Gasteiger partial charge in [-0.3, -0.25) is 4.79 Å². The second-order valence-electron chi connectivity index (χ2n) is 4.13. The van der Waals surface area contributed by atoms with E-state index in [0.717, 1.165) is 27.3 Å². The van der Waals surface area contributed by atoms with Gasteiger partial charge in [0.05, 0.1) is 11.6 Å². The van der Waals surface area contributed by atoms with Crippen molar-refractivity contribution in [3.05, 3.63) is 31.8 Å². The third-order valence-electron chi connectivity index (χ3n) is 2.95. The van der Waals surface area contributed by atoms with Gasteiger partial charge in [-0.05, 0) is 76.0 Å². The van der Waals surface area contributed by atoms with Crippen LogP contribution in [0.2, 0.25) is 0 Å². The van der Waals surface area contributed by atoms with Crippen molar-refractivity contribution in [2.75, 3.05) is 0 Å². The summed E-state index contributed by atoms with van der Waals surface area (Å²) in [7, 11) is 0. The average Bonchev–Trinajstić information content (AvgIpc) is 2.26. The summed E-state index contributed by atoms with van der Waals surface area (Å²) in [6.45, 7) is 0. The molecule has 0 aromatic heterocycles. The zero-order valence-electron chi connectivity index (χ0n) is 8.96. The minimum atomic E-state index is -0.641. The number of hydrogen-bond donors (Lipinski definition) is 1. The Labute approximate surface area is 122 Å². The molecule has 1 saturated carbocycles. The first-order chi connectivity index (χ1) is 8.06. The molecule has 17 heavy (non-hydrogen) atoms. The molecular formula is C12H10BrIN2O. The fourth-order valence-electron chi connectivity index (χ4n) is 1.75. The Morgan fingerprint density at radius 2 is 2.24 bits per heavy atom. The van der Waals surface area contributed by atoms with E-state index in [4.69, 9.17) is 5.26 Å². The highest BCUT2D eigenvalue weighted by molar-refractivity contribution is 14.1. The van der Waals surface area contributed by atoms with E-state index in [1.165, 1.54) is 0 Å². The maximum Gasteiger partial charge on any atom is 0.253 e. The molecule has 0 unspecified atom stereocenters. The van der Waals surface area contributed by atoms with Crippen LogP contribution in [0.15, 0.2) is 22.7 Å². The smallest absolute Gasteiger partial charge is 0.253 e. The lowest BCUT2D eigenvalue weighted by molar-refractivity contribution is 0.0880. The minimum absolute atomic E-state index is 0.184. The van der Waals surface area contributed by atoms with Crippen LogP contribution in [-0.4, -0.2) is 11.4 Å². The molecule has 0 bridgehead atoms. The highest BCUT2D eigenvalue weighted by atomic mass is 127. The maximum atomic E-state index is 12.1. The van der Waals surface area contributed by atoms with E-state index in [2.05, 4.69) is 49.9 Å². The van der Waals surface area contributed by atoms with Gasteiger partial charge in [-0.15, -0.1) is 0 Å². The average molecular weight is 405 g/mol. The van der Waals surface area contributed by atoms with E-state index in [1.807, 2.05) is 18.2 Å². The molecule has 1 N–H and O–H groups in total. The van der Waals surface area contributed by atoms with Crippen LogP contribution < -0.4 is 5.32 Å². The predicted molar refractivity (Wildman–Crippen MR) is 76.5 cm³/mol. The van der Waals surface area contributed by atoms with Gasteiger partial charge in [-0.1, -0.05) is 0 Å². The highest BCUT2D eigenvalue weighted by Crippen LogP contribution is 2.31. The van der Waals surface area contributed by atoms with Crippen molar-refractivity contribution in [3.8, 4) is 6.07 Å². The van der Waals surface area contributed by atoms with Crippen LogP contribution in [0.1, 0.15) is 29.6 Å². The zero-order chi connectivity index (χ0) is 12.5. The van der Waals surface area contributed by atoms with Gasteiger partial charge in [0, 0.05) is 8.04 Å². The molecule has 1 amide bonds. The topological polar surface area (TPSA) is 52.9 Å². The third-order valence-corrected chi connectivity index (χ3v) is 4.31. The number of benzene rings is 1. The second kappa shape index (κ2) is 4.94. The van der Waals surface area contributed by atoms with Gasteiger partial charge in [-0.2, -0.15) is 5.26 Å². The molecule has 0 radical (unpaired) electrons. The lowest BCUT2D eigenvalue weighted by Crippen LogP contribution is -2.52. The van der Waals surface area contributed by atoms with E-state index in [9.17, 15) is 4.79 Å². The van der Waals surface area contributed by atoms with Crippen LogP contribution in [0, 0.1) is 14.9 Å². The van der Waals surface area contributed by atoms with Gasteiger partial charge >= 0.3 is 0 Å². The van der Waals surface area contributed by atoms with E-state index < -0.39 is 5.54 Å². The normalized spacial score (nSPS) is 16.8. The molecule has 0 aliphatic heterocycles. The Morgan fingerprint density at radius 3 is 2.76 bits per heavy atom. The van der Waals surface area contributed by atoms with E-state index in [1.54, 1.807) is 0 Å². The number of halogens is 2. The molecule has 0 spiro atoms. The second-order valence-corrected chi connectivity index (χ2v) is 6.23. The molecule has 3 nitrogen and oxygen atoms in total. The van der Waals surface area contributed by atoms with Crippen LogP contribution in [0.25, 0.3) is 0 Å². The molecular weight excluding hydrogens is 395 g/mol. The van der Waals surface area contributed by atoms with Gasteiger partial charge in [0.15, 0.2) is 0 Å². The number of nitriles is 1. The molecule has 5 heteroatoms. The summed E-state index contributed by atoms with van der Waals surface area (Å²) in [5, 5.41) is 11.9. The summed E-state index contributed by atoms with van der Waals surface area (Å²) in [6, 6.07) is 7.77. The molecule has 2 rings (SSSR count). The molecule has 1 aromatic carbocycles. The summed E-state index contributed by atoms with van der Waals surface area (Å²) >= 11 is 5.51. The van der Waals surface area contributed by atoms with Gasteiger partial charge < -0.3 is 5.32 Å². The lowest BCUT2D eigenvalue weighted by atomic mass is 9.78. The summed E-state index contributed by atoms with van der Waals surface area (Å²) in [6.07, 6.45) is 2.49. The van der Waals surface area contributed by atoms with Crippen molar-refractivity contribution < 1.29 is 4.79 Å². The number of rotatable bonds is 2. The molecule has 1 aliphatic rings. The maximum absolute atomic E-state index is 12.1. The van der Waals surface area contributed by atoms with Crippen molar-refractivity contribution in [2.45, 2.75) is 24.8 Å². The lowest BCUT2D eigenvalue weighted by Gasteiger charge is -2.35. The van der Waals surface area contributed by atoms with Crippen molar-refractivity contribution in [3.63, 3.8) is 0 Å². The molecule has 1 aliphatic carbocycles. The summed E-state index contributed by atoms with van der Waals surface area (Å²) < 4.78 is 1.75. The molecule has 88 valence electrons. The Kier molecular flexibility index (Phi) is 3.73. The first-order valence-corrected chi connectivity index (χ1v) is 7.12. The number of nitrogens with one attached hydrogen (secondary N) is 1. The van der Waals surface area contributed by atoms with Gasteiger partial charge in [0.1, 0.15) is 5.54 Å². The van der Waals surface area contributed by atoms with Crippen LogP contribution in [0.3, 0.4) is 0 Å². The van der Waals surface area contributed by atoms with Gasteiger partial charge in [-0.25, -0.2) is 0 Å². The van der Waals surface area contributed by atoms with Gasteiger partial charge in [0.25, 0.3) is 5.91 Å². The number of carbonyl (C=O) groups excluding carboxylic acids is 1. The van der Waals surface area contributed by atoms with Crippen molar-refractivity contribution in [1.29, 1.82) is 5.26 Å². The molecule has 0 atom stereocenters. The molecule has 1 aromatic rings. The van der Waals surface area contributed by atoms with E-state index in [-0.39, 0.29) is 5.91 Å². The molecule has 1 fully saturated rings. The Morgan fingerprint density at radius 1 is 1.53 bits per heavy atom. The van der Waals surface area contributed by atoms with Crippen LogP contribution in [0.4, 0.5) is 0 Å². The number of carbonyl (C=O) groups is 1. The standard InChI is InChI=1S/C12H10BrIN2O/c13-10-3-2-8(14)6-9(10)11(17)16-12(7-15)4-1-5-12/h2-3,6H,1,4-5H2,(H,16,17). The summed E-state index contributed by atoms with van der Waals surface area (Å²) in [5.41, 5.74) is -0.0592. The predicted octanol–water partition coefficient (Wildman–Crippen LogP) is 3.23. The summed E-state index contributed by atoms with van der Waals surface area (Å²) in [4.78, 5) is 12.1. The number of amides is 1. The number of hydrogen-bond acceptors (Lipinski definition) is 2. The Hall–Kier alpha value is -0.610. The van der Waals surface area contributed by atoms with E-state index >= 15 is 0 Å². The Bertz CT molecular complexity index is 506. The first-order valence-electron chi connectivity index (χ1n) is 5.25. The molecule has 0 heterocycles.